The van der Waals surface area contributed by atoms with Crippen molar-refractivity contribution < 1.29 is 18.4 Å². The van der Waals surface area contributed by atoms with Gasteiger partial charge in [0.1, 0.15) is 12.1 Å². The molecule has 0 unspecified atom stereocenters. The van der Waals surface area contributed by atoms with Crippen molar-refractivity contribution in [1.82, 2.24) is 25.4 Å². The first-order valence-corrected chi connectivity index (χ1v) is 9.47. The minimum atomic E-state index is -1.21. The summed E-state index contributed by atoms with van der Waals surface area (Å²) in [6.07, 6.45) is 1.47. The number of hydrogen-bond donors (Lipinski definition) is 3. The van der Waals surface area contributed by atoms with Crippen LogP contribution in [0.25, 0.3) is 11.4 Å². The minimum absolute atomic E-state index is 0. The van der Waals surface area contributed by atoms with Gasteiger partial charge < -0.3 is 15.2 Å². The largest absolute Gasteiger partial charge is 0.328 e. The van der Waals surface area contributed by atoms with Crippen LogP contribution in [0.15, 0.2) is 48.8 Å². The lowest BCUT2D eigenvalue weighted by Gasteiger charge is -2.16. The maximum Gasteiger partial charge on any atom is 0.278 e. The van der Waals surface area contributed by atoms with E-state index < -0.39 is 23.4 Å². The van der Waals surface area contributed by atoms with Gasteiger partial charge in [0.05, 0.1) is 10.6 Å². The lowest BCUT2D eigenvalue weighted by Crippen LogP contribution is -2.26. The van der Waals surface area contributed by atoms with Gasteiger partial charge >= 0.3 is 0 Å². The van der Waals surface area contributed by atoms with Crippen LogP contribution in [0.1, 0.15) is 20.8 Å². The highest BCUT2D eigenvalue weighted by Gasteiger charge is 2.20. The zero-order valence-corrected chi connectivity index (χ0v) is 18.3. The van der Waals surface area contributed by atoms with E-state index in [1.54, 1.807) is 31.3 Å². The van der Waals surface area contributed by atoms with Crippen molar-refractivity contribution in [3.63, 3.8) is 0 Å². The van der Waals surface area contributed by atoms with Gasteiger partial charge in [-0.25, -0.2) is 8.78 Å². The van der Waals surface area contributed by atoms with Crippen molar-refractivity contribution in [2.45, 2.75) is 0 Å². The van der Waals surface area contributed by atoms with Crippen LogP contribution in [0.3, 0.4) is 0 Å². The summed E-state index contributed by atoms with van der Waals surface area (Å²) in [6.45, 7) is 0. The lowest BCUT2D eigenvalue weighted by atomic mass is 10.2. The number of carbonyl (C=O) groups excluding carboxylic acids is 2. The molecule has 170 valence electrons. The fourth-order valence-electron chi connectivity index (χ4n) is 2.86. The number of amides is 2. The number of nitrogens with one attached hydrogen (secondary N) is 3. The van der Waals surface area contributed by atoms with Crippen LogP contribution in [0, 0.1) is 11.6 Å². The Hall–Kier alpha value is -3.83. The van der Waals surface area contributed by atoms with E-state index in [0.717, 1.165) is 5.56 Å². The van der Waals surface area contributed by atoms with Crippen molar-refractivity contribution in [2.24, 2.45) is 0 Å². The van der Waals surface area contributed by atoms with Crippen LogP contribution in [0.2, 0.25) is 5.02 Å². The van der Waals surface area contributed by atoms with Gasteiger partial charge in [-0.1, -0.05) is 11.6 Å². The van der Waals surface area contributed by atoms with Crippen LogP contribution < -0.4 is 10.2 Å². The second-order valence-electron chi connectivity index (χ2n) is 6.62. The van der Waals surface area contributed by atoms with Crippen molar-refractivity contribution >= 4 is 47.3 Å². The topological polar surface area (TPSA) is 120 Å². The molecule has 2 amide bonds. The summed E-state index contributed by atoms with van der Waals surface area (Å²) in [7, 11) is 1.57. The van der Waals surface area contributed by atoms with Crippen molar-refractivity contribution in [3.05, 3.63) is 76.7 Å². The van der Waals surface area contributed by atoms with Gasteiger partial charge in [-0.05, 0) is 36.4 Å². The minimum Gasteiger partial charge on any atom is -0.328 e. The quantitative estimate of drug-likeness (QED) is 0.362. The summed E-state index contributed by atoms with van der Waals surface area (Å²) in [5.74, 6) is -2.95. The zero-order valence-electron chi connectivity index (χ0n) is 16.8. The van der Waals surface area contributed by atoms with Crippen LogP contribution in [0.5, 0.6) is 0 Å². The Kier molecular flexibility index (Phi) is 7.04. The summed E-state index contributed by atoms with van der Waals surface area (Å²) >= 11 is 5.81. The molecule has 4 rings (SSSR count). The van der Waals surface area contributed by atoms with E-state index >= 15 is 0 Å². The SMILES string of the molecule is CN(C(=O)c1cc(NC(=O)c2cc(F)c(F)cc2Cl)[nH]n1)c1ccc(-c2nnc[nH]2)cc1.Cl. The van der Waals surface area contributed by atoms with E-state index in [1.165, 1.54) is 17.3 Å². The Morgan fingerprint density at radius 1 is 1.09 bits per heavy atom. The van der Waals surface area contributed by atoms with Crippen LogP contribution in [-0.2, 0) is 0 Å². The number of anilines is 2. The summed E-state index contributed by atoms with van der Waals surface area (Å²) < 4.78 is 26.6. The molecule has 0 spiro atoms. The monoisotopic (exact) mass is 493 g/mol. The fraction of sp³-hybridized carbons (Fsp3) is 0.0500. The number of aromatic nitrogens is 5. The van der Waals surface area contributed by atoms with Gasteiger partial charge in [0, 0.05) is 24.4 Å². The molecule has 0 fully saturated rings. The number of benzene rings is 2. The number of aromatic amines is 2. The van der Waals surface area contributed by atoms with E-state index in [2.05, 4.69) is 30.7 Å². The molecule has 4 aromatic rings. The third kappa shape index (κ3) is 4.99. The number of rotatable bonds is 5. The van der Waals surface area contributed by atoms with Gasteiger partial charge in [-0.15, -0.1) is 22.6 Å². The molecule has 33 heavy (non-hydrogen) atoms. The molecular formula is C20H15Cl2F2N7O2. The molecule has 3 N–H and O–H groups in total. The fourth-order valence-corrected chi connectivity index (χ4v) is 3.10. The number of hydrogen-bond acceptors (Lipinski definition) is 5. The van der Waals surface area contributed by atoms with Crippen LogP contribution in [0.4, 0.5) is 20.3 Å². The molecular weight excluding hydrogens is 479 g/mol. The van der Waals surface area contributed by atoms with Gasteiger partial charge in [0.25, 0.3) is 11.8 Å². The molecule has 2 aromatic carbocycles. The van der Waals surface area contributed by atoms with E-state index in [1.807, 2.05) is 0 Å². The molecule has 0 saturated carbocycles. The Balaban J connectivity index is 0.00000306. The van der Waals surface area contributed by atoms with Gasteiger partial charge in [0.15, 0.2) is 23.2 Å². The Morgan fingerprint density at radius 3 is 2.45 bits per heavy atom. The van der Waals surface area contributed by atoms with Crippen molar-refractivity contribution in [3.8, 4) is 11.4 Å². The second-order valence-corrected chi connectivity index (χ2v) is 7.02. The van der Waals surface area contributed by atoms with Crippen molar-refractivity contribution in [1.29, 1.82) is 0 Å². The highest BCUT2D eigenvalue weighted by atomic mass is 35.5. The average Bonchev–Trinajstić information content (AvgIpc) is 3.48. The van der Waals surface area contributed by atoms with Crippen LogP contribution >= 0.6 is 24.0 Å². The number of halogens is 4. The summed E-state index contributed by atoms with van der Waals surface area (Å²) in [4.78, 5) is 29.3. The molecule has 0 atom stereocenters. The third-order valence-corrected chi connectivity index (χ3v) is 4.86. The Morgan fingerprint density at radius 2 is 1.79 bits per heavy atom. The second kappa shape index (κ2) is 9.76. The predicted octanol–water partition coefficient (Wildman–Crippen LogP) is 4.08. The van der Waals surface area contributed by atoms with Gasteiger partial charge in [-0.2, -0.15) is 5.10 Å². The molecule has 9 nitrogen and oxygen atoms in total. The van der Waals surface area contributed by atoms with E-state index in [-0.39, 0.29) is 34.5 Å². The third-order valence-electron chi connectivity index (χ3n) is 4.55. The molecule has 0 aliphatic heterocycles. The maximum atomic E-state index is 13.4. The summed E-state index contributed by atoms with van der Waals surface area (Å²) in [5, 5.41) is 16.2. The molecule has 2 aromatic heterocycles. The average molecular weight is 494 g/mol. The van der Waals surface area contributed by atoms with Crippen molar-refractivity contribution in [2.75, 3.05) is 17.3 Å². The maximum absolute atomic E-state index is 13.4. The molecule has 0 radical (unpaired) electrons. The molecule has 0 saturated heterocycles. The first-order chi connectivity index (χ1) is 15.3. The molecule has 0 aliphatic carbocycles. The standard InChI is InChI=1S/C20H14ClF2N7O2.ClH/c1-30(11-4-2-10(3-5-11)18-24-9-25-29-18)20(32)16-8-17(28-27-16)26-19(31)12-6-14(22)15(23)7-13(12)21;/h2-9H,1H3,(H,24,25,29)(H2,26,27,28,31);1H. The highest BCUT2D eigenvalue weighted by molar-refractivity contribution is 6.34. The van der Waals surface area contributed by atoms with E-state index in [0.29, 0.717) is 23.6 Å². The predicted molar refractivity (Wildman–Crippen MR) is 120 cm³/mol. The lowest BCUT2D eigenvalue weighted by molar-refractivity contribution is 0.0986. The molecule has 0 aliphatic rings. The molecule has 2 heterocycles. The Labute approximate surface area is 196 Å². The number of nitrogens with zero attached hydrogens (tertiary/aromatic N) is 4. The number of carbonyl (C=O) groups is 2. The summed E-state index contributed by atoms with van der Waals surface area (Å²) in [6, 6.07) is 9.73. The molecule has 0 bridgehead atoms. The van der Waals surface area contributed by atoms with Gasteiger partial charge in [-0.3, -0.25) is 14.7 Å². The first kappa shape index (κ1) is 23.8. The van der Waals surface area contributed by atoms with E-state index in [4.69, 9.17) is 11.6 Å². The smallest absolute Gasteiger partial charge is 0.278 e. The Bertz CT molecular complexity index is 1290. The number of H-pyrrole nitrogens is 2. The van der Waals surface area contributed by atoms with Gasteiger partial charge in [0.2, 0.25) is 0 Å². The normalized spacial score (nSPS) is 10.4. The molecule has 13 heteroatoms. The first-order valence-electron chi connectivity index (χ1n) is 9.09. The highest BCUT2D eigenvalue weighted by Crippen LogP contribution is 2.23. The zero-order chi connectivity index (χ0) is 22.8. The summed E-state index contributed by atoms with van der Waals surface area (Å²) in [5.41, 5.74) is 1.16. The van der Waals surface area contributed by atoms with Crippen LogP contribution in [-0.4, -0.2) is 44.2 Å². The van der Waals surface area contributed by atoms with E-state index in [9.17, 15) is 18.4 Å².